The zero-order chi connectivity index (χ0) is 12.1. The van der Waals surface area contributed by atoms with E-state index in [9.17, 15) is 5.11 Å². The summed E-state index contributed by atoms with van der Waals surface area (Å²) in [5, 5.41) is 10.4. The molecule has 2 atom stereocenters. The van der Waals surface area contributed by atoms with E-state index in [0.717, 1.165) is 12.0 Å². The Morgan fingerprint density at radius 3 is 1.76 bits per heavy atom. The molecule has 0 aliphatic heterocycles. The summed E-state index contributed by atoms with van der Waals surface area (Å²) < 4.78 is 0. The summed E-state index contributed by atoms with van der Waals surface area (Å²) in [7, 11) is 0. The molecule has 17 heavy (non-hydrogen) atoms. The summed E-state index contributed by atoms with van der Waals surface area (Å²) in [6.45, 7) is 2.11. The number of hydrogen-bond acceptors (Lipinski definition) is 1. The second-order valence-corrected chi connectivity index (χ2v) is 4.28. The second kappa shape index (κ2) is 5.65. The van der Waals surface area contributed by atoms with Gasteiger partial charge in [0.15, 0.2) is 0 Å². The first-order chi connectivity index (χ1) is 8.33. The van der Waals surface area contributed by atoms with E-state index in [2.05, 4.69) is 19.1 Å². The summed E-state index contributed by atoms with van der Waals surface area (Å²) in [6, 6.07) is 20.1. The molecule has 0 saturated carbocycles. The number of aliphatic hydroxyl groups is 1. The monoisotopic (exact) mass is 226 g/mol. The number of hydrogen-bond donors (Lipinski definition) is 1. The van der Waals surface area contributed by atoms with Crippen LogP contribution in [-0.4, -0.2) is 5.11 Å². The number of aliphatic hydroxyl groups excluding tert-OH is 1. The van der Waals surface area contributed by atoms with Crippen LogP contribution in [0.3, 0.4) is 0 Å². The van der Waals surface area contributed by atoms with Gasteiger partial charge in [0.05, 0.1) is 6.10 Å². The molecule has 0 bridgehead atoms. The van der Waals surface area contributed by atoms with Gasteiger partial charge >= 0.3 is 0 Å². The average molecular weight is 226 g/mol. The van der Waals surface area contributed by atoms with Crippen molar-refractivity contribution < 1.29 is 5.11 Å². The van der Waals surface area contributed by atoms with E-state index in [1.807, 2.05) is 48.5 Å². The maximum Gasteiger partial charge on any atom is 0.0858 e. The van der Waals surface area contributed by atoms with Crippen molar-refractivity contribution in [2.75, 3.05) is 0 Å². The van der Waals surface area contributed by atoms with Crippen LogP contribution >= 0.6 is 0 Å². The van der Waals surface area contributed by atoms with Gasteiger partial charge in [-0.1, -0.05) is 67.6 Å². The number of benzene rings is 2. The van der Waals surface area contributed by atoms with Crippen LogP contribution in [0.1, 0.15) is 36.5 Å². The van der Waals surface area contributed by atoms with Crippen molar-refractivity contribution >= 4 is 0 Å². The van der Waals surface area contributed by atoms with Gasteiger partial charge in [-0.2, -0.15) is 0 Å². The predicted molar refractivity (Wildman–Crippen MR) is 70.9 cm³/mol. The van der Waals surface area contributed by atoms with Crippen LogP contribution in [0.5, 0.6) is 0 Å². The van der Waals surface area contributed by atoms with Crippen molar-refractivity contribution in [3.63, 3.8) is 0 Å². The Balaban J connectivity index is 2.25. The largest absolute Gasteiger partial charge is 0.388 e. The van der Waals surface area contributed by atoms with Crippen molar-refractivity contribution in [2.45, 2.75) is 25.4 Å². The Morgan fingerprint density at radius 1 is 0.824 bits per heavy atom. The van der Waals surface area contributed by atoms with E-state index in [-0.39, 0.29) is 5.92 Å². The maximum absolute atomic E-state index is 10.4. The SMILES string of the molecule is CC[C@@H](c1ccccc1)[C@H](O)c1ccccc1. The predicted octanol–water partition coefficient (Wildman–Crippen LogP) is 3.91. The molecule has 0 aromatic heterocycles. The zero-order valence-electron chi connectivity index (χ0n) is 10.1. The highest BCUT2D eigenvalue weighted by atomic mass is 16.3. The Kier molecular flexibility index (Phi) is 3.94. The smallest absolute Gasteiger partial charge is 0.0858 e. The fourth-order valence-corrected chi connectivity index (χ4v) is 2.22. The minimum absolute atomic E-state index is 0.165. The zero-order valence-corrected chi connectivity index (χ0v) is 10.1. The Labute approximate surface area is 103 Å². The van der Waals surface area contributed by atoms with Crippen LogP contribution in [0.4, 0.5) is 0 Å². The lowest BCUT2D eigenvalue weighted by atomic mass is 9.87. The van der Waals surface area contributed by atoms with Crippen LogP contribution in [-0.2, 0) is 0 Å². The summed E-state index contributed by atoms with van der Waals surface area (Å²) in [5.74, 6) is 0.165. The van der Waals surface area contributed by atoms with Crippen LogP contribution in [0.2, 0.25) is 0 Å². The van der Waals surface area contributed by atoms with E-state index in [4.69, 9.17) is 0 Å². The van der Waals surface area contributed by atoms with Crippen LogP contribution in [0.15, 0.2) is 60.7 Å². The van der Waals surface area contributed by atoms with Gasteiger partial charge < -0.3 is 5.11 Å². The summed E-state index contributed by atoms with van der Waals surface area (Å²) in [4.78, 5) is 0. The van der Waals surface area contributed by atoms with Gasteiger partial charge in [0.25, 0.3) is 0 Å². The normalized spacial score (nSPS) is 14.2. The standard InChI is InChI=1S/C16H18O/c1-2-15(13-9-5-3-6-10-13)16(17)14-11-7-4-8-12-14/h3-12,15-17H,2H2,1H3/t15-,16+/m0/s1. The minimum Gasteiger partial charge on any atom is -0.388 e. The van der Waals surface area contributed by atoms with E-state index < -0.39 is 6.10 Å². The summed E-state index contributed by atoms with van der Waals surface area (Å²) in [5.41, 5.74) is 2.19. The molecule has 0 unspecified atom stereocenters. The first kappa shape index (κ1) is 11.9. The lowest BCUT2D eigenvalue weighted by Gasteiger charge is -2.22. The lowest BCUT2D eigenvalue weighted by molar-refractivity contribution is 0.142. The molecule has 0 heterocycles. The van der Waals surface area contributed by atoms with Gasteiger partial charge in [-0.15, -0.1) is 0 Å². The molecule has 1 N–H and O–H groups in total. The molecular weight excluding hydrogens is 208 g/mol. The van der Waals surface area contributed by atoms with Gasteiger partial charge in [-0.05, 0) is 17.5 Å². The van der Waals surface area contributed by atoms with E-state index >= 15 is 0 Å². The van der Waals surface area contributed by atoms with Gasteiger partial charge in [-0.3, -0.25) is 0 Å². The molecule has 0 fully saturated rings. The van der Waals surface area contributed by atoms with Crippen molar-refractivity contribution in [1.82, 2.24) is 0 Å². The van der Waals surface area contributed by atoms with Gasteiger partial charge in [0.1, 0.15) is 0 Å². The first-order valence-electron chi connectivity index (χ1n) is 6.11. The van der Waals surface area contributed by atoms with Crippen molar-refractivity contribution in [3.8, 4) is 0 Å². The van der Waals surface area contributed by atoms with Gasteiger partial charge in [-0.25, -0.2) is 0 Å². The van der Waals surface area contributed by atoms with E-state index in [0.29, 0.717) is 0 Å². The number of rotatable bonds is 4. The van der Waals surface area contributed by atoms with Crippen LogP contribution < -0.4 is 0 Å². The fourth-order valence-electron chi connectivity index (χ4n) is 2.22. The van der Waals surface area contributed by atoms with Crippen molar-refractivity contribution in [3.05, 3.63) is 71.8 Å². The molecular formula is C16H18O. The molecule has 0 spiro atoms. The summed E-state index contributed by atoms with van der Waals surface area (Å²) >= 11 is 0. The molecule has 0 aliphatic carbocycles. The third-order valence-corrected chi connectivity index (χ3v) is 3.19. The van der Waals surface area contributed by atoms with E-state index in [1.54, 1.807) is 0 Å². The third-order valence-electron chi connectivity index (χ3n) is 3.19. The molecule has 1 heteroatoms. The third kappa shape index (κ3) is 2.75. The highest BCUT2D eigenvalue weighted by Gasteiger charge is 2.20. The summed E-state index contributed by atoms with van der Waals surface area (Å²) in [6.07, 6.45) is 0.503. The quantitative estimate of drug-likeness (QED) is 0.838. The maximum atomic E-state index is 10.4. The molecule has 2 rings (SSSR count). The first-order valence-corrected chi connectivity index (χ1v) is 6.11. The Morgan fingerprint density at radius 2 is 1.29 bits per heavy atom. The van der Waals surface area contributed by atoms with Crippen LogP contribution in [0.25, 0.3) is 0 Å². The Hall–Kier alpha value is -1.60. The highest BCUT2D eigenvalue weighted by molar-refractivity contribution is 5.26. The molecule has 2 aromatic carbocycles. The van der Waals surface area contributed by atoms with Crippen LogP contribution in [0, 0.1) is 0 Å². The second-order valence-electron chi connectivity index (χ2n) is 4.28. The average Bonchev–Trinajstić information content (AvgIpc) is 2.42. The van der Waals surface area contributed by atoms with E-state index in [1.165, 1.54) is 5.56 Å². The van der Waals surface area contributed by atoms with Gasteiger partial charge in [0.2, 0.25) is 0 Å². The molecule has 0 aliphatic rings. The Bertz CT molecular complexity index is 436. The molecule has 1 nitrogen and oxygen atoms in total. The lowest BCUT2D eigenvalue weighted by Crippen LogP contribution is -2.10. The highest BCUT2D eigenvalue weighted by Crippen LogP contribution is 2.33. The molecule has 2 aromatic rings. The van der Waals surface area contributed by atoms with Crippen molar-refractivity contribution in [1.29, 1.82) is 0 Å². The molecule has 88 valence electrons. The topological polar surface area (TPSA) is 20.2 Å². The van der Waals surface area contributed by atoms with Gasteiger partial charge in [0, 0.05) is 5.92 Å². The molecule has 0 saturated heterocycles. The van der Waals surface area contributed by atoms with Crippen molar-refractivity contribution in [2.24, 2.45) is 0 Å². The fraction of sp³-hybridized carbons (Fsp3) is 0.250. The molecule has 0 radical (unpaired) electrons. The minimum atomic E-state index is -0.427. The molecule has 0 amide bonds.